The lowest BCUT2D eigenvalue weighted by Gasteiger charge is -2.36. The zero-order valence-electron chi connectivity index (χ0n) is 12.6. The van der Waals surface area contributed by atoms with Gasteiger partial charge in [-0.25, -0.2) is 0 Å². The lowest BCUT2D eigenvalue weighted by molar-refractivity contribution is -0.134. The highest BCUT2D eigenvalue weighted by Crippen LogP contribution is 2.15. The summed E-state index contributed by atoms with van der Waals surface area (Å²) in [6.45, 7) is 5.42. The largest absolute Gasteiger partial charge is 0.339 e. The van der Waals surface area contributed by atoms with E-state index in [1.165, 1.54) is 5.56 Å². The number of amides is 1. The summed E-state index contributed by atoms with van der Waals surface area (Å²) in [4.78, 5) is 16.7. The van der Waals surface area contributed by atoms with Crippen LogP contribution >= 0.6 is 24.0 Å². The van der Waals surface area contributed by atoms with E-state index in [4.69, 9.17) is 11.6 Å². The van der Waals surface area contributed by atoms with Gasteiger partial charge in [-0.3, -0.25) is 9.69 Å². The molecule has 1 aromatic carbocycles. The molecule has 1 atom stereocenters. The molecule has 0 saturated carbocycles. The highest BCUT2D eigenvalue weighted by atomic mass is 35.5. The van der Waals surface area contributed by atoms with Gasteiger partial charge in [-0.2, -0.15) is 0 Å². The second-order valence-corrected chi connectivity index (χ2v) is 6.32. The Morgan fingerprint density at radius 1 is 1.27 bits per heavy atom. The van der Waals surface area contributed by atoms with Crippen molar-refractivity contribution >= 4 is 29.9 Å². The Morgan fingerprint density at radius 3 is 2.68 bits per heavy atom. The van der Waals surface area contributed by atoms with Crippen molar-refractivity contribution in [2.45, 2.75) is 25.4 Å². The first kappa shape index (κ1) is 17.5. The van der Waals surface area contributed by atoms with Gasteiger partial charge >= 0.3 is 0 Å². The van der Waals surface area contributed by atoms with Crippen LogP contribution in [0.5, 0.6) is 0 Å². The topological polar surface area (TPSA) is 35.6 Å². The first-order valence-electron chi connectivity index (χ1n) is 7.71. The summed E-state index contributed by atoms with van der Waals surface area (Å²) in [5.41, 5.74) is 1.24. The van der Waals surface area contributed by atoms with Crippen LogP contribution in [0, 0.1) is 0 Å². The van der Waals surface area contributed by atoms with E-state index in [1.54, 1.807) is 0 Å². The van der Waals surface area contributed by atoms with Gasteiger partial charge in [-0.05, 0) is 37.1 Å². The third-order valence-corrected chi connectivity index (χ3v) is 4.57. The molecule has 1 amide bonds. The molecule has 122 valence electrons. The number of carbonyl (C=O) groups excluding carboxylic acids is 1. The molecule has 2 heterocycles. The maximum Gasteiger partial charge on any atom is 0.239 e. The molecule has 2 fully saturated rings. The van der Waals surface area contributed by atoms with Crippen LogP contribution in [0.2, 0.25) is 5.02 Å². The summed E-state index contributed by atoms with van der Waals surface area (Å²) in [7, 11) is 0. The van der Waals surface area contributed by atoms with Crippen molar-refractivity contribution in [3.05, 3.63) is 34.9 Å². The van der Waals surface area contributed by atoms with Crippen molar-refractivity contribution in [2.24, 2.45) is 0 Å². The van der Waals surface area contributed by atoms with Crippen LogP contribution < -0.4 is 5.32 Å². The Morgan fingerprint density at radius 2 is 2.05 bits per heavy atom. The third-order valence-electron chi connectivity index (χ3n) is 4.34. The van der Waals surface area contributed by atoms with Crippen LogP contribution in [0.4, 0.5) is 0 Å². The van der Waals surface area contributed by atoms with Crippen molar-refractivity contribution in [3.8, 4) is 0 Å². The average molecular weight is 344 g/mol. The smallest absolute Gasteiger partial charge is 0.239 e. The molecule has 0 aliphatic carbocycles. The number of carbonyl (C=O) groups is 1. The fourth-order valence-corrected chi connectivity index (χ4v) is 3.35. The third kappa shape index (κ3) is 4.35. The Labute approximate surface area is 143 Å². The van der Waals surface area contributed by atoms with Crippen LogP contribution in [0.25, 0.3) is 0 Å². The van der Waals surface area contributed by atoms with Crippen molar-refractivity contribution < 1.29 is 4.79 Å². The highest BCUT2D eigenvalue weighted by molar-refractivity contribution is 6.30. The molecule has 0 spiro atoms. The first-order chi connectivity index (χ1) is 10.2. The van der Waals surface area contributed by atoms with E-state index in [0.29, 0.717) is 0 Å². The van der Waals surface area contributed by atoms with Gasteiger partial charge in [-0.1, -0.05) is 23.7 Å². The standard InChI is InChI=1S/C16H22ClN3O.ClH/c17-14-4-1-3-13(11-14)12-19-7-9-20(10-8-19)16(21)15-5-2-6-18-15;/h1,3-4,11,15,18H,2,5-10,12H2;1H. The molecule has 0 bridgehead atoms. The minimum absolute atomic E-state index is 0. The normalized spacial score (nSPS) is 22.4. The molecule has 1 aromatic rings. The molecule has 1 N–H and O–H groups in total. The zero-order valence-corrected chi connectivity index (χ0v) is 14.2. The van der Waals surface area contributed by atoms with Crippen molar-refractivity contribution in [1.29, 1.82) is 0 Å². The number of halogens is 2. The van der Waals surface area contributed by atoms with Crippen LogP contribution in [0.15, 0.2) is 24.3 Å². The number of hydrogen-bond acceptors (Lipinski definition) is 3. The fraction of sp³-hybridized carbons (Fsp3) is 0.562. The molecular weight excluding hydrogens is 321 g/mol. The van der Waals surface area contributed by atoms with E-state index >= 15 is 0 Å². The summed E-state index contributed by atoms with van der Waals surface area (Å²) in [6.07, 6.45) is 2.10. The van der Waals surface area contributed by atoms with Gasteiger partial charge in [-0.15, -0.1) is 12.4 Å². The predicted molar refractivity (Wildman–Crippen MR) is 91.6 cm³/mol. The number of piperazine rings is 1. The second kappa shape index (κ2) is 8.16. The lowest BCUT2D eigenvalue weighted by atomic mass is 10.1. The minimum Gasteiger partial charge on any atom is -0.339 e. The number of rotatable bonds is 3. The van der Waals surface area contributed by atoms with Gasteiger partial charge in [0.1, 0.15) is 0 Å². The summed E-state index contributed by atoms with van der Waals surface area (Å²) in [6, 6.07) is 8.07. The van der Waals surface area contributed by atoms with Gasteiger partial charge in [0.2, 0.25) is 5.91 Å². The van der Waals surface area contributed by atoms with Crippen molar-refractivity contribution in [3.63, 3.8) is 0 Å². The van der Waals surface area contributed by atoms with E-state index in [0.717, 1.165) is 57.1 Å². The Bertz CT molecular complexity index is 498. The number of benzene rings is 1. The van der Waals surface area contributed by atoms with Crippen LogP contribution in [0.3, 0.4) is 0 Å². The number of nitrogens with zero attached hydrogens (tertiary/aromatic N) is 2. The minimum atomic E-state index is 0. The quantitative estimate of drug-likeness (QED) is 0.913. The second-order valence-electron chi connectivity index (χ2n) is 5.88. The molecule has 22 heavy (non-hydrogen) atoms. The summed E-state index contributed by atoms with van der Waals surface area (Å²) >= 11 is 6.02. The maximum atomic E-state index is 12.3. The van der Waals surface area contributed by atoms with Crippen molar-refractivity contribution in [2.75, 3.05) is 32.7 Å². The summed E-state index contributed by atoms with van der Waals surface area (Å²) in [5.74, 6) is 0.287. The van der Waals surface area contributed by atoms with Gasteiger partial charge in [0, 0.05) is 37.7 Å². The molecule has 0 radical (unpaired) electrons. The highest BCUT2D eigenvalue weighted by Gasteiger charge is 2.29. The first-order valence-corrected chi connectivity index (χ1v) is 8.09. The molecule has 3 rings (SSSR count). The molecule has 4 nitrogen and oxygen atoms in total. The zero-order chi connectivity index (χ0) is 14.7. The number of hydrogen-bond donors (Lipinski definition) is 1. The monoisotopic (exact) mass is 343 g/mol. The van der Waals surface area contributed by atoms with Crippen LogP contribution in [-0.2, 0) is 11.3 Å². The average Bonchev–Trinajstić information content (AvgIpc) is 3.01. The lowest BCUT2D eigenvalue weighted by Crippen LogP contribution is -2.52. The maximum absolute atomic E-state index is 12.3. The Balaban J connectivity index is 0.00000176. The van der Waals surface area contributed by atoms with Gasteiger partial charge in [0.15, 0.2) is 0 Å². The van der Waals surface area contributed by atoms with E-state index in [1.807, 2.05) is 23.1 Å². The molecule has 2 aliphatic heterocycles. The molecule has 6 heteroatoms. The molecule has 0 aromatic heterocycles. The fourth-order valence-electron chi connectivity index (χ4n) is 3.14. The number of nitrogens with one attached hydrogen (secondary N) is 1. The van der Waals surface area contributed by atoms with E-state index in [9.17, 15) is 4.79 Å². The SMILES string of the molecule is Cl.O=C(C1CCCN1)N1CCN(Cc2cccc(Cl)c2)CC1. The molecule has 2 saturated heterocycles. The Hall–Kier alpha value is -0.810. The van der Waals surface area contributed by atoms with Crippen LogP contribution in [-0.4, -0.2) is 54.5 Å². The summed E-state index contributed by atoms with van der Waals surface area (Å²) in [5, 5.41) is 4.08. The predicted octanol–water partition coefficient (Wildman–Crippen LogP) is 2.16. The molecular formula is C16H23Cl2N3O. The van der Waals surface area contributed by atoms with E-state index in [-0.39, 0.29) is 24.4 Å². The Kier molecular flexibility index (Phi) is 6.50. The van der Waals surface area contributed by atoms with Gasteiger partial charge < -0.3 is 10.2 Å². The molecule has 1 unspecified atom stereocenters. The van der Waals surface area contributed by atoms with Crippen LogP contribution in [0.1, 0.15) is 18.4 Å². The van der Waals surface area contributed by atoms with Gasteiger partial charge in [0.05, 0.1) is 6.04 Å². The van der Waals surface area contributed by atoms with E-state index in [2.05, 4.69) is 16.3 Å². The van der Waals surface area contributed by atoms with E-state index < -0.39 is 0 Å². The molecule has 2 aliphatic rings. The van der Waals surface area contributed by atoms with Crippen molar-refractivity contribution in [1.82, 2.24) is 15.1 Å². The van der Waals surface area contributed by atoms with Gasteiger partial charge in [0.25, 0.3) is 0 Å². The summed E-state index contributed by atoms with van der Waals surface area (Å²) < 4.78 is 0.